The number of alkyl halides is 1. The van der Waals surface area contributed by atoms with Crippen LogP contribution in [0.3, 0.4) is 0 Å². The molecule has 32 valence electrons. The third kappa shape index (κ3) is 466. The highest BCUT2D eigenvalue weighted by atomic mass is 35.5. The number of hydrogen-bond donors (Lipinski definition) is 2. The first-order valence-corrected chi connectivity index (χ1v) is 1.64. The molecule has 0 amide bonds. The molecule has 0 spiro atoms. The molecule has 0 saturated heterocycles. The van der Waals surface area contributed by atoms with E-state index in [-0.39, 0.29) is 0 Å². The van der Waals surface area contributed by atoms with Crippen molar-refractivity contribution < 1.29 is 0 Å². The predicted molar refractivity (Wildman–Crippen MR) is 22.6 cm³/mol. The van der Waals surface area contributed by atoms with E-state index in [1.54, 1.807) is 0 Å². The summed E-state index contributed by atoms with van der Waals surface area (Å²) in [6, 6.07) is 0. The lowest BCUT2D eigenvalue weighted by atomic mass is 10.6. The molecule has 0 aromatic rings. The zero-order chi connectivity index (χ0) is 4.50. The summed E-state index contributed by atoms with van der Waals surface area (Å²) in [7, 11) is 0. The van der Waals surface area contributed by atoms with Gasteiger partial charge in [0.1, 0.15) is 5.12 Å². The number of rotatable bonds is 0. The summed E-state index contributed by atoms with van der Waals surface area (Å²) < 4.78 is 0. The molecule has 0 saturated carbocycles. The maximum atomic E-state index is 5.09. The van der Waals surface area contributed by atoms with E-state index in [2.05, 4.69) is 0 Å². The van der Waals surface area contributed by atoms with Crippen molar-refractivity contribution in [2.75, 3.05) is 0 Å². The molecule has 2 nitrogen and oxygen atoms in total. The zero-order valence-corrected chi connectivity index (χ0v) is 3.79. The molecular weight excluding hydrogens is 87.5 g/mol. The van der Waals surface area contributed by atoms with Crippen LogP contribution in [0, 0.1) is 0 Å². The maximum Gasteiger partial charge on any atom is 0.138 e. The van der Waals surface area contributed by atoms with E-state index in [9.17, 15) is 0 Å². The van der Waals surface area contributed by atoms with Crippen LogP contribution in [0.15, 0.2) is 0 Å². The Morgan fingerprint density at radius 1 is 1.60 bits per heavy atom. The van der Waals surface area contributed by atoms with Gasteiger partial charge in [0.2, 0.25) is 0 Å². The van der Waals surface area contributed by atoms with Crippen molar-refractivity contribution in [3.63, 3.8) is 0 Å². The first-order valence-electron chi connectivity index (χ1n) is 1.27. The van der Waals surface area contributed by atoms with Crippen molar-refractivity contribution in [1.82, 2.24) is 0 Å². The van der Waals surface area contributed by atoms with Gasteiger partial charge in [0, 0.05) is 0 Å². The maximum absolute atomic E-state index is 5.09. The van der Waals surface area contributed by atoms with E-state index >= 15 is 0 Å². The Kier molecular flexibility index (Phi) is 1.17. The Bertz CT molecular complexity index is 23.1. The van der Waals surface area contributed by atoms with E-state index in [4.69, 9.17) is 23.1 Å². The van der Waals surface area contributed by atoms with Crippen LogP contribution in [-0.4, -0.2) is 5.12 Å². The van der Waals surface area contributed by atoms with Crippen LogP contribution in [0.25, 0.3) is 0 Å². The topological polar surface area (TPSA) is 52.0 Å². The molecule has 0 aromatic heterocycles. The molecule has 0 rings (SSSR count). The minimum atomic E-state index is -1.03. The third-order valence-electron chi connectivity index (χ3n) is 0. The zero-order valence-electron chi connectivity index (χ0n) is 3.03. The average Bonchev–Trinajstić information content (AvgIpc) is 0.722. The van der Waals surface area contributed by atoms with Crippen molar-refractivity contribution in [1.29, 1.82) is 0 Å². The molecule has 0 heterocycles. The standard InChI is InChI=1S/C2H7ClN2/c1-2(3,4)5/h4-5H2,1H3. The largest absolute Gasteiger partial charge is 0.301 e. The second-order valence-electron chi connectivity index (χ2n) is 1.15. The predicted octanol–water partition coefficient (Wildman–Crippen LogP) is -0.184. The molecule has 0 fully saturated rings. The van der Waals surface area contributed by atoms with Crippen LogP contribution >= 0.6 is 11.6 Å². The van der Waals surface area contributed by atoms with Crippen LogP contribution in [0.1, 0.15) is 6.92 Å². The molecule has 3 heteroatoms. The quantitative estimate of drug-likeness (QED) is 0.249. The van der Waals surface area contributed by atoms with E-state index in [1.807, 2.05) is 0 Å². The average molecular weight is 94.5 g/mol. The summed E-state index contributed by atoms with van der Waals surface area (Å²) in [5.74, 6) is 0. The molecule has 0 aliphatic carbocycles. The summed E-state index contributed by atoms with van der Waals surface area (Å²) >= 11 is 5.09. The van der Waals surface area contributed by atoms with Crippen molar-refractivity contribution in [2.45, 2.75) is 12.0 Å². The van der Waals surface area contributed by atoms with Crippen LogP contribution in [-0.2, 0) is 0 Å². The van der Waals surface area contributed by atoms with Gasteiger partial charge >= 0.3 is 0 Å². The Labute approximate surface area is 36.1 Å². The van der Waals surface area contributed by atoms with E-state index in [0.717, 1.165) is 0 Å². The van der Waals surface area contributed by atoms with Crippen LogP contribution in [0.4, 0.5) is 0 Å². The Balaban J connectivity index is 3.02. The fraction of sp³-hybridized carbons (Fsp3) is 1.00. The first kappa shape index (κ1) is 5.21. The van der Waals surface area contributed by atoms with Gasteiger partial charge in [-0.25, -0.2) is 0 Å². The molecule has 5 heavy (non-hydrogen) atoms. The summed E-state index contributed by atoms with van der Waals surface area (Å²) in [5.41, 5.74) is 9.79. The van der Waals surface area contributed by atoms with Gasteiger partial charge in [-0.05, 0) is 6.92 Å². The highest BCUT2D eigenvalue weighted by Crippen LogP contribution is 1.89. The fourth-order valence-corrected chi connectivity index (χ4v) is 0. The second kappa shape index (κ2) is 1.12. The number of halogens is 1. The van der Waals surface area contributed by atoms with Gasteiger partial charge in [0.25, 0.3) is 0 Å². The molecule has 0 atom stereocenters. The number of nitrogens with two attached hydrogens (primary N) is 2. The Morgan fingerprint density at radius 3 is 1.60 bits per heavy atom. The molecule has 0 aromatic carbocycles. The summed E-state index contributed by atoms with van der Waals surface area (Å²) in [5, 5.41) is -1.03. The minimum absolute atomic E-state index is 1.03. The van der Waals surface area contributed by atoms with E-state index in [0.29, 0.717) is 0 Å². The van der Waals surface area contributed by atoms with Crippen molar-refractivity contribution in [3.8, 4) is 0 Å². The molecule has 0 radical (unpaired) electrons. The monoisotopic (exact) mass is 94.0 g/mol. The van der Waals surface area contributed by atoms with Gasteiger partial charge in [0.05, 0.1) is 0 Å². The van der Waals surface area contributed by atoms with E-state index < -0.39 is 5.12 Å². The lowest BCUT2D eigenvalue weighted by molar-refractivity contribution is 0.702. The lowest BCUT2D eigenvalue weighted by Crippen LogP contribution is -2.39. The summed E-state index contributed by atoms with van der Waals surface area (Å²) in [6.07, 6.45) is 0. The summed E-state index contributed by atoms with van der Waals surface area (Å²) in [4.78, 5) is 0. The van der Waals surface area contributed by atoms with Crippen molar-refractivity contribution >= 4 is 11.6 Å². The van der Waals surface area contributed by atoms with Crippen molar-refractivity contribution in [3.05, 3.63) is 0 Å². The van der Waals surface area contributed by atoms with Crippen LogP contribution < -0.4 is 11.5 Å². The second-order valence-corrected chi connectivity index (χ2v) is 1.97. The number of hydrogen-bond acceptors (Lipinski definition) is 2. The Morgan fingerprint density at radius 2 is 1.60 bits per heavy atom. The molecule has 0 bridgehead atoms. The lowest BCUT2D eigenvalue weighted by Gasteiger charge is -2.03. The normalized spacial score (nSPS) is 12.0. The van der Waals surface area contributed by atoms with Crippen molar-refractivity contribution in [2.24, 2.45) is 11.5 Å². The smallest absolute Gasteiger partial charge is 0.138 e. The molecular formula is C2H7ClN2. The van der Waals surface area contributed by atoms with Gasteiger partial charge < -0.3 is 11.5 Å². The highest BCUT2D eigenvalue weighted by Gasteiger charge is 1.99. The molecule has 0 unspecified atom stereocenters. The van der Waals surface area contributed by atoms with Gasteiger partial charge in [-0.3, -0.25) is 0 Å². The van der Waals surface area contributed by atoms with Gasteiger partial charge in [-0.15, -0.1) is 0 Å². The van der Waals surface area contributed by atoms with Gasteiger partial charge in [-0.2, -0.15) is 0 Å². The highest BCUT2D eigenvalue weighted by molar-refractivity contribution is 6.22. The minimum Gasteiger partial charge on any atom is -0.301 e. The third-order valence-corrected chi connectivity index (χ3v) is 0. The molecule has 0 aliphatic heterocycles. The van der Waals surface area contributed by atoms with E-state index in [1.165, 1.54) is 6.92 Å². The summed E-state index contributed by atoms with van der Waals surface area (Å²) in [6.45, 7) is 1.51. The van der Waals surface area contributed by atoms with Crippen LogP contribution in [0.5, 0.6) is 0 Å². The Hall–Kier alpha value is 0.210. The first-order chi connectivity index (χ1) is 2.00. The fourth-order valence-electron chi connectivity index (χ4n) is 0. The molecule has 0 aliphatic rings. The SMILES string of the molecule is CC(N)(N)Cl. The van der Waals surface area contributed by atoms with Crippen LogP contribution in [0.2, 0.25) is 0 Å². The molecule has 4 N–H and O–H groups in total. The van der Waals surface area contributed by atoms with Gasteiger partial charge in [-0.1, -0.05) is 11.6 Å². The van der Waals surface area contributed by atoms with Gasteiger partial charge in [0.15, 0.2) is 0 Å².